The van der Waals surface area contributed by atoms with E-state index in [2.05, 4.69) is 24.9 Å². The van der Waals surface area contributed by atoms with Gasteiger partial charge in [-0.15, -0.1) is 0 Å². The largest absolute Gasteiger partial charge is 0.382 e. The molecule has 3 rings (SSSR count). The van der Waals surface area contributed by atoms with Gasteiger partial charge in [-0.05, 0) is 11.6 Å². The third-order valence-corrected chi connectivity index (χ3v) is 2.46. The average molecular weight is 226 g/mol. The van der Waals surface area contributed by atoms with Crippen LogP contribution in [0.4, 0.5) is 5.82 Å². The topological polar surface area (TPSA) is 93.4 Å². The molecule has 3 aromatic rings. The number of nitrogens with two attached hydrogens (primary N) is 1. The van der Waals surface area contributed by atoms with Crippen molar-refractivity contribution in [2.24, 2.45) is 0 Å². The molecule has 3 heterocycles. The summed E-state index contributed by atoms with van der Waals surface area (Å²) in [5.74, 6) is 1.22. The Kier molecular flexibility index (Phi) is 2.18. The number of hydrogen-bond acceptors (Lipinski definition) is 5. The summed E-state index contributed by atoms with van der Waals surface area (Å²) >= 11 is 0. The first-order valence-corrected chi connectivity index (χ1v) is 5.17. The third-order valence-electron chi connectivity index (χ3n) is 2.46. The number of aromatic amines is 1. The maximum absolute atomic E-state index is 5.73. The van der Waals surface area contributed by atoms with Gasteiger partial charge < -0.3 is 10.7 Å². The van der Waals surface area contributed by atoms with E-state index in [9.17, 15) is 0 Å². The fourth-order valence-corrected chi connectivity index (χ4v) is 1.67. The second kappa shape index (κ2) is 3.82. The number of pyridine rings is 1. The van der Waals surface area contributed by atoms with Crippen LogP contribution in [0.15, 0.2) is 30.9 Å². The maximum Gasteiger partial charge on any atom is 0.183 e. The predicted molar refractivity (Wildman–Crippen MR) is 63.1 cm³/mol. The van der Waals surface area contributed by atoms with Crippen LogP contribution in [0.5, 0.6) is 0 Å². The summed E-state index contributed by atoms with van der Waals surface area (Å²) in [5, 5.41) is 0. The molecule has 6 nitrogen and oxygen atoms in total. The van der Waals surface area contributed by atoms with Crippen molar-refractivity contribution in [2.75, 3.05) is 5.73 Å². The monoisotopic (exact) mass is 226 g/mol. The average Bonchev–Trinajstić information content (AvgIpc) is 2.74. The molecule has 17 heavy (non-hydrogen) atoms. The Hall–Kier alpha value is -2.50. The zero-order chi connectivity index (χ0) is 11.7. The molecule has 0 aliphatic carbocycles. The van der Waals surface area contributed by atoms with E-state index < -0.39 is 0 Å². The smallest absolute Gasteiger partial charge is 0.183 e. The molecule has 0 saturated carbocycles. The molecule has 0 aromatic carbocycles. The number of anilines is 1. The summed E-state index contributed by atoms with van der Waals surface area (Å²) in [6, 6.07) is 3.89. The van der Waals surface area contributed by atoms with Crippen molar-refractivity contribution in [3.05, 3.63) is 42.2 Å². The van der Waals surface area contributed by atoms with E-state index in [0.717, 1.165) is 11.4 Å². The van der Waals surface area contributed by atoms with E-state index >= 15 is 0 Å². The van der Waals surface area contributed by atoms with Crippen molar-refractivity contribution in [3.8, 4) is 0 Å². The Morgan fingerprint density at radius 3 is 3.00 bits per heavy atom. The Morgan fingerprint density at radius 1 is 1.29 bits per heavy atom. The minimum Gasteiger partial charge on any atom is -0.382 e. The number of hydrogen-bond donors (Lipinski definition) is 2. The summed E-state index contributed by atoms with van der Waals surface area (Å²) in [6.45, 7) is 0. The number of imidazole rings is 1. The quantitative estimate of drug-likeness (QED) is 0.677. The van der Waals surface area contributed by atoms with Crippen LogP contribution in [-0.4, -0.2) is 24.9 Å². The molecule has 0 unspecified atom stereocenters. The standard InChI is InChI=1S/C11H10N6/c12-10-9-11(15-6-14-10)17-8(16-9)4-7-2-1-3-13-5-7/h1-3,5-6H,4H2,(H3,12,14,15,16,17). The first kappa shape index (κ1) is 9.71. The van der Waals surface area contributed by atoms with Gasteiger partial charge in [-0.1, -0.05) is 6.07 Å². The van der Waals surface area contributed by atoms with E-state index in [1.54, 1.807) is 6.20 Å². The SMILES string of the molecule is Nc1ncnc2nc(Cc3cccnc3)[nH]c12. The molecule has 3 aromatic heterocycles. The van der Waals surface area contributed by atoms with Crippen molar-refractivity contribution >= 4 is 17.0 Å². The van der Waals surface area contributed by atoms with Crippen LogP contribution in [0, 0.1) is 0 Å². The summed E-state index contributed by atoms with van der Waals surface area (Å²) in [5.41, 5.74) is 8.09. The number of H-pyrrole nitrogens is 1. The Bertz CT molecular complexity index is 645. The van der Waals surface area contributed by atoms with Gasteiger partial charge >= 0.3 is 0 Å². The lowest BCUT2D eigenvalue weighted by atomic mass is 10.2. The molecule has 0 aliphatic heterocycles. The van der Waals surface area contributed by atoms with Gasteiger partial charge in [0.2, 0.25) is 0 Å². The van der Waals surface area contributed by atoms with Crippen LogP contribution >= 0.6 is 0 Å². The van der Waals surface area contributed by atoms with Crippen LogP contribution in [0.3, 0.4) is 0 Å². The van der Waals surface area contributed by atoms with Gasteiger partial charge in [0.15, 0.2) is 11.5 Å². The van der Waals surface area contributed by atoms with Gasteiger partial charge in [0.1, 0.15) is 17.7 Å². The fourth-order valence-electron chi connectivity index (χ4n) is 1.67. The third kappa shape index (κ3) is 1.80. The number of nitrogens with one attached hydrogen (secondary N) is 1. The lowest BCUT2D eigenvalue weighted by Crippen LogP contribution is -1.92. The van der Waals surface area contributed by atoms with Crippen molar-refractivity contribution in [2.45, 2.75) is 6.42 Å². The highest BCUT2D eigenvalue weighted by molar-refractivity contribution is 5.81. The van der Waals surface area contributed by atoms with Crippen molar-refractivity contribution < 1.29 is 0 Å². The minimum absolute atomic E-state index is 0.417. The molecule has 0 fully saturated rings. The van der Waals surface area contributed by atoms with Gasteiger partial charge in [0.25, 0.3) is 0 Å². The zero-order valence-corrected chi connectivity index (χ0v) is 8.96. The van der Waals surface area contributed by atoms with E-state index in [-0.39, 0.29) is 0 Å². The van der Waals surface area contributed by atoms with Crippen LogP contribution < -0.4 is 5.73 Å². The highest BCUT2D eigenvalue weighted by Gasteiger charge is 2.07. The summed E-state index contributed by atoms with van der Waals surface area (Å²) < 4.78 is 0. The number of rotatable bonds is 2. The lowest BCUT2D eigenvalue weighted by Gasteiger charge is -1.95. The van der Waals surface area contributed by atoms with E-state index in [0.29, 0.717) is 23.4 Å². The molecule has 0 atom stereocenters. The van der Waals surface area contributed by atoms with Crippen molar-refractivity contribution in [1.82, 2.24) is 24.9 Å². The zero-order valence-electron chi connectivity index (χ0n) is 8.96. The first-order valence-electron chi connectivity index (χ1n) is 5.17. The van der Waals surface area contributed by atoms with Crippen LogP contribution in [0.2, 0.25) is 0 Å². The molecule has 0 amide bonds. The van der Waals surface area contributed by atoms with Crippen LogP contribution in [0.1, 0.15) is 11.4 Å². The Balaban J connectivity index is 1.99. The molecule has 0 spiro atoms. The molecule has 0 saturated heterocycles. The van der Waals surface area contributed by atoms with Crippen LogP contribution in [-0.2, 0) is 6.42 Å². The molecular weight excluding hydrogens is 216 g/mol. The number of nitrogens with zero attached hydrogens (tertiary/aromatic N) is 4. The number of aromatic nitrogens is 5. The van der Waals surface area contributed by atoms with Crippen molar-refractivity contribution in [3.63, 3.8) is 0 Å². The molecule has 6 heteroatoms. The van der Waals surface area contributed by atoms with E-state index in [1.807, 2.05) is 18.3 Å². The fraction of sp³-hybridized carbons (Fsp3) is 0.0909. The molecule has 0 radical (unpaired) electrons. The van der Waals surface area contributed by atoms with Gasteiger partial charge in [-0.25, -0.2) is 15.0 Å². The second-order valence-corrected chi connectivity index (χ2v) is 3.68. The summed E-state index contributed by atoms with van der Waals surface area (Å²) in [7, 11) is 0. The highest BCUT2D eigenvalue weighted by Crippen LogP contribution is 2.14. The second-order valence-electron chi connectivity index (χ2n) is 3.68. The molecule has 0 bridgehead atoms. The summed E-state index contributed by atoms with van der Waals surface area (Å²) in [4.78, 5) is 19.5. The Labute approximate surface area is 97.0 Å². The Morgan fingerprint density at radius 2 is 2.24 bits per heavy atom. The van der Waals surface area contributed by atoms with Gasteiger partial charge in [-0.2, -0.15) is 0 Å². The molecule has 0 aliphatic rings. The number of fused-ring (bicyclic) bond motifs is 1. The molecular formula is C11H10N6. The van der Waals surface area contributed by atoms with E-state index in [4.69, 9.17) is 5.73 Å². The van der Waals surface area contributed by atoms with Gasteiger partial charge in [-0.3, -0.25) is 4.98 Å². The lowest BCUT2D eigenvalue weighted by molar-refractivity contribution is 1.02. The maximum atomic E-state index is 5.73. The van der Waals surface area contributed by atoms with E-state index in [1.165, 1.54) is 6.33 Å². The molecule has 84 valence electrons. The van der Waals surface area contributed by atoms with Crippen LogP contribution in [0.25, 0.3) is 11.2 Å². The molecule has 3 N–H and O–H groups in total. The highest BCUT2D eigenvalue weighted by atomic mass is 15.0. The van der Waals surface area contributed by atoms with Gasteiger partial charge in [0, 0.05) is 18.8 Å². The predicted octanol–water partition coefficient (Wildman–Crippen LogP) is 0.921. The first-order chi connectivity index (χ1) is 8.33. The minimum atomic E-state index is 0.417. The van der Waals surface area contributed by atoms with Gasteiger partial charge in [0.05, 0.1) is 0 Å². The normalized spacial score (nSPS) is 10.8. The summed E-state index contributed by atoms with van der Waals surface area (Å²) in [6.07, 6.45) is 5.63. The van der Waals surface area contributed by atoms with Crippen molar-refractivity contribution in [1.29, 1.82) is 0 Å². The number of nitrogen functional groups attached to an aromatic ring is 1.